The first-order valence-electron chi connectivity index (χ1n) is 12.0. The predicted octanol–water partition coefficient (Wildman–Crippen LogP) is 3.12. The molecule has 4 N–H and O–H groups in total. The van der Waals surface area contributed by atoms with Gasteiger partial charge in [0.2, 0.25) is 5.88 Å². The fourth-order valence-corrected chi connectivity index (χ4v) is 5.01. The number of aliphatic hydroxyl groups is 1. The summed E-state index contributed by atoms with van der Waals surface area (Å²) in [6.07, 6.45) is 4.88. The highest BCUT2D eigenvalue weighted by molar-refractivity contribution is 5.78. The van der Waals surface area contributed by atoms with Crippen LogP contribution in [0.2, 0.25) is 0 Å². The lowest BCUT2D eigenvalue weighted by atomic mass is 9.79. The van der Waals surface area contributed by atoms with E-state index in [4.69, 9.17) is 19.9 Å². The fourth-order valence-electron chi connectivity index (χ4n) is 5.01. The lowest BCUT2D eigenvalue weighted by molar-refractivity contribution is 0.100. The molecule has 1 saturated carbocycles. The van der Waals surface area contributed by atoms with Gasteiger partial charge in [-0.2, -0.15) is 0 Å². The molecule has 1 aliphatic carbocycles. The summed E-state index contributed by atoms with van der Waals surface area (Å²) in [7, 11) is 1.58. The van der Waals surface area contributed by atoms with Crippen molar-refractivity contribution in [2.45, 2.75) is 50.4 Å². The largest absolute Gasteiger partial charge is 0.486 e. The van der Waals surface area contributed by atoms with Gasteiger partial charge < -0.3 is 30.4 Å². The minimum atomic E-state index is -0.808. The van der Waals surface area contributed by atoms with Gasteiger partial charge in [-0.05, 0) is 61.4 Å². The summed E-state index contributed by atoms with van der Waals surface area (Å²) in [6.45, 7) is 1.99. The number of hydrogen-bond acceptors (Lipinski definition) is 8. The number of pyridine rings is 2. The number of nitrogens with one attached hydrogen (secondary N) is 1. The zero-order valence-electron chi connectivity index (χ0n) is 19.4. The summed E-state index contributed by atoms with van der Waals surface area (Å²) in [4.78, 5) is 8.86. The van der Waals surface area contributed by atoms with E-state index in [9.17, 15) is 5.11 Å². The van der Waals surface area contributed by atoms with E-state index in [-0.39, 0.29) is 12.0 Å². The number of nitrogens with zero attached hydrogens (tertiary/aromatic N) is 2. The molecule has 2 atom stereocenters. The molecule has 8 heteroatoms. The molecule has 0 radical (unpaired) electrons. The van der Waals surface area contributed by atoms with Crippen LogP contribution in [0.1, 0.15) is 42.9 Å². The van der Waals surface area contributed by atoms with Crippen molar-refractivity contribution in [2.24, 2.45) is 11.7 Å². The Labute approximate surface area is 199 Å². The standard InChI is InChI=1S/C26H32N4O4/c1-32-23-9-7-20-25(30-23)19(10-11-28-20)26(31)24(27)17-3-5-18(6-4-17)29-15-16-2-8-21-22(14-16)34-13-12-33-21/h2,7-11,14,17-18,24,26,29,31H,3-6,12-13,15,27H2,1H3/t17?,18?,24-,26-/m1/s1. The average Bonchev–Trinajstić information content (AvgIpc) is 2.90. The maximum absolute atomic E-state index is 11.1. The van der Waals surface area contributed by atoms with Crippen LogP contribution in [0.25, 0.3) is 11.0 Å². The van der Waals surface area contributed by atoms with E-state index in [0.29, 0.717) is 36.2 Å². The molecular weight excluding hydrogens is 432 g/mol. The maximum atomic E-state index is 11.1. The Kier molecular flexibility index (Phi) is 6.80. The average molecular weight is 465 g/mol. The second-order valence-corrected chi connectivity index (χ2v) is 9.11. The number of fused-ring (bicyclic) bond motifs is 2. The number of aromatic nitrogens is 2. The van der Waals surface area contributed by atoms with Crippen LogP contribution >= 0.6 is 0 Å². The molecule has 0 unspecified atom stereocenters. The zero-order valence-corrected chi connectivity index (χ0v) is 19.4. The summed E-state index contributed by atoms with van der Waals surface area (Å²) in [5.41, 5.74) is 9.83. The molecule has 3 heterocycles. The number of rotatable bonds is 7. The molecule has 1 fully saturated rings. The summed E-state index contributed by atoms with van der Waals surface area (Å²) < 4.78 is 16.5. The van der Waals surface area contributed by atoms with E-state index < -0.39 is 6.10 Å². The molecule has 34 heavy (non-hydrogen) atoms. The van der Waals surface area contributed by atoms with Crippen molar-refractivity contribution in [3.63, 3.8) is 0 Å². The molecule has 1 aliphatic heterocycles. The predicted molar refractivity (Wildman–Crippen MR) is 129 cm³/mol. The number of ether oxygens (including phenoxy) is 3. The molecule has 0 spiro atoms. The van der Waals surface area contributed by atoms with Crippen LogP contribution in [0.4, 0.5) is 0 Å². The second kappa shape index (κ2) is 10.1. The minimum Gasteiger partial charge on any atom is -0.486 e. The normalized spacial score (nSPS) is 21.7. The number of methoxy groups -OCH3 is 1. The number of nitrogens with two attached hydrogens (primary N) is 1. The number of hydrogen-bond donors (Lipinski definition) is 3. The Morgan fingerprint density at radius 3 is 2.68 bits per heavy atom. The Hall–Kier alpha value is -2.94. The van der Waals surface area contributed by atoms with E-state index in [1.54, 1.807) is 25.4 Å². The third kappa shape index (κ3) is 4.80. The fraction of sp³-hybridized carbons (Fsp3) is 0.462. The van der Waals surface area contributed by atoms with Gasteiger partial charge in [0.05, 0.1) is 24.2 Å². The maximum Gasteiger partial charge on any atom is 0.213 e. The molecule has 1 aromatic carbocycles. The summed E-state index contributed by atoms with van der Waals surface area (Å²) >= 11 is 0. The first kappa shape index (κ1) is 22.8. The quantitative estimate of drug-likeness (QED) is 0.489. The molecule has 3 aromatic rings. The Balaban J connectivity index is 1.17. The Bertz CT molecular complexity index is 1130. The van der Waals surface area contributed by atoms with Crippen molar-refractivity contribution < 1.29 is 19.3 Å². The summed E-state index contributed by atoms with van der Waals surface area (Å²) in [5.74, 6) is 2.38. The molecule has 2 aliphatic rings. The molecule has 0 amide bonds. The highest BCUT2D eigenvalue weighted by Gasteiger charge is 2.31. The van der Waals surface area contributed by atoms with Gasteiger partial charge in [-0.1, -0.05) is 6.07 Å². The first-order chi connectivity index (χ1) is 16.6. The van der Waals surface area contributed by atoms with Crippen LogP contribution in [0.3, 0.4) is 0 Å². The number of aliphatic hydroxyl groups excluding tert-OH is 1. The highest BCUT2D eigenvalue weighted by Crippen LogP contribution is 2.34. The van der Waals surface area contributed by atoms with Gasteiger partial charge in [-0.15, -0.1) is 0 Å². The molecule has 8 nitrogen and oxygen atoms in total. The Morgan fingerprint density at radius 2 is 1.88 bits per heavy atom. The van der Waals surface area contributed by atoms with Crippen LogP contribution in [0.15, 0.2) is 42.6 Å². The highest BCUT2D eigenvalue weighted by atomic mass is 16.6. The second-order valence-electron chi connectivity index (χ2n) is 9.11. The Morgan fingerprint density at radius 1 is 1.09 bits per heavy atom. The molecule has 0 saturated heterocycles. The van der Waals surface area contributed by atoms with Crippen molar-refractivity contribution in [2.75, 3.05) is 20.3 Å². The van der Waals surface area contributed by atoms with E-state index in [1.165, 1.54) is 5.56 Å². The lowest BCUT2D eigenvalue weighted by Gasteiger charge is -2.35. The van der Waals surface area contributed by atoms with E-state index >= 15 is 0 Å². The molecule has 0 bridgehead atoms. The van der Waals surface area contributed by atoms with Gasteiger partial charge in [-0.3, -0.25) is 4.98 Å². The van der Waals surface area contributed by atoms with Crippen molar-refractivity contribution in [3.05, 3.63) is 53.7 Å². The molecule has 180 valence electrons. The van der Waals surface area contributed by atoms with E-state index in [2.05, 4.69) is 27.4 Å². The molecule has 2 aromatic heterocycles. The SMILES string of the molecule is COc1ccc2nccc([C@@H](O)[C@H](N)C3CCC(NCc4ccc5c(c4)OCCO5)CC3)c2n1. The third-order valence-electron chi connectivity index (χ3n) is 7.00. The van der Waals surface area contributed by atoms with Gasteiger partial charge in [-0.25, -0.2) is 4.98 Å². The van der Waals surface area contributed by atoms with Gasteiger partial charge >= 0.3 is 0 Å². The van der Waals surface area contributed by atoms with Gasteiger partial charge in [0.1, 0.15) is 13.2 Å². The topological polar surface area (TPSA) is 112 Å². The first-order valence-corrected chi connectivity index (χ1v) is 12.0. The van der Waals surface area contributed by atoms with Gasteiger partial charge in [0, 0.05) is 36.5 Å². The number of benzene rings is 1. The van der Waals surface area contributed by atoms with Crippen molar-refractivity contribution >= 4 is 11.0 Å². The van der Waals surface area contributed by atoms with Gasteiger partial charge in [0.15, 0.2) is 11.5 Å². The minimum absolute atomic E-state index is 0.246. The smallest absolute Gasteiger partial charge is 0.213 e. The third-order valence-corrected chi connectivity index (χ3v) is 7.00. The van der Waals surface area contributed by atoms with Gasteiger partial charge in [0.25, 0.3) is 0 Å². The van der Waals surface area contributed by atoms with Crippen molar-refractivity contribution in [3.8, 4) is 17.4 Å². The van der Waals surface area contributed by atoms with E-state index in [1.807, 2.05) is 12.1 Å². The monoisotopic (exact) mass is 464 g/mol. The molecular formula is C26H32N4O4. The van der Waals surface area contributed by atoms with Crippen LogP contribution in [-0.4, -0.2) is 47.5 Å². The van der Waals surface area contributed by atoms with Crippen molar-refractivity contribution in [1.82, 2.24) is 15.3 Å². The zero-order chi connectivity index (χ0) is 23.5. The van der Waals surface area contributed by atoms with Crippen LogP contribution in [0.5, 0.6) is 17.4 Å². The van der Waals surface area contributed by atoms with Crippen LogP contribution in [-0.2, 0) is 6.54 Å². The lowest BCUT2D eigenvalue weighted by Crippen LogP contribution is -2.41. The van der Waals surface area contributed by atoms with Crippen LogP contribution < -0.4 is 25.3 Å². The van der Waals surface area contributed by atoms with Crippen molar-refractivity contribution in [1.29, 1.82) is 0 Å². The molecule has 5 rings (SSSR count). The van der Waals surface area contributed by atoms with Crippen LogP contribution in [0, 0.1) is 5.92 Å². The summed E-state index contributed by atoms with van der Waals surface area (Å²) in [5, 5.41) is 14.8. The summed E-state index contributed by atoms with van der Waals surface area (Å²) in [6, 6.07) is 11.6. The van der Waals surface area contributed by atoms with E-state index in [0.717, 1.165) is 49.2 Å².